The normalized spacial score (nSPS) is 13.8. The molecule has 0 saturated heterocycles. The molecule has 0 aliphatic rings. The summed E-state index contributed by atoms with van der Waals surface area (Å²) in [6.07, 6.45) is 56.2. The molecule has 4 N–H and O–H groups in total. The molecule has 0 fully saturated rings. The number of carboxylic acid groups (broad SMARTS) is 1. The van der Waals surface area contributed by atoms with Gasteiger partial charge in [-0.1, -0.05) is 130 Å². The van der Waals surface area contributed by atoms with Crippen molar-refractivity contribution in [3.8, 4) is 0 Å². The van der Waals surface area contributed by atoms with Gasteiger partial charge in [0, 0.05) is 12.8 Å². The van der Waals surface area contributed by atoms with E-state index in [-0.39, 0.29) is 11.9 Å². The number of rotatable bonds is 35. The average Bonchev–Trinajstić information content (AvgIpc) is 3.16. The highest BCUT2D eigenvalue weighted by molar-refractivity contribution is 5.83. The molecule has 0 saturated carbocycles. The first kappa shape index (κ1) is 50.0. The van der Waals surface area contributed by atoms with Crippen LogP contribution in [0.5, 0.6) is 0 Å². The molecule has 54 heavy (non-hydrogen) atoms. The number of aliphatic carboxylic acids is 1. The van der Waals surface area contributed by atoms with E-state index >= 15 is 0 Å². The molecule has 2 unspecified atom stereocenters. The van der Waals surface area contributed by atoms with Crippen LogP contribution in [0.1, 0.15) is 149 Å². The number of nitrogens with one attached hydrogen (secondary N) is 1. The SMILES string of the molecule is CC/C=C\C/C=C\C/C=C\C/C=C\C/C=C\C/C=C\CCCCCCC(=O)OC(/C=C\C/C=C\CC)/C=C\CCCCCC(=O)NC(CCCN)C(=O)O. The lowest BCUT2D eigenvalue weighted by atomic mass is 10.1. The molecule has 1 amide bonds. The summed E-state index contributed by atoms with van der Waals surface area (Å²) in [5.74, 6) is -1.44. The summed E-state index contributed by atoms with van der Waals surface area (Å²) in [5.41, 5.74) is 5.46. The Labute approximate surface area is 329 Å². The van der Waals surface area contributed by atoms with Gasteiger partial charge in [0.1, 0.15) is 12.1 Å². The monoisotopic (exact) mass is 747 g/mol. The first-order valence-electron chi connectivity index (χ1n) is 20.7. The van der Waals surface area contributed by atoms with Gasteiger partial charge in [-0.2, -0.15) is 0 Å². The standard InChI is InChI=1S/C47H74N2O5/c1-3-5-7-9-10-11-12-13-14-15-16-17-18-19-20-21-22-23-24-25-26-31-35-41-46(51)54-43(37-32-28-8-6-4-2)38-33-29-27-30-34-40-45(50)49-44(47(52)53)39-36-42-48/h5-8,10-11,13-14,16-17,19-20,22-23,32-33,37-38,43-44H,3-4,9,12,15,18,21,24-31,34-36,39-42,48H2,1-2H3,(H,49,50)(H,52,53)/b7-5-,8-6-,11-10-,14-13-,17-16-,20-19-,23-22-,37-32-,38-33-. The van der Waals surface area contributed by atoms with Crippen LogP contribution in [0.4, 0.5) is 0 Å². The van der Waals surface area contributed by atoms with Crippen LogP contribution < -0.4 is 11.1 Å². The molecule has 0 aromatic heterocycles. The Morgan fingerprint density at radius 1 is 0.556 bits per heavy atom. The van der Waals surface area contributed by atoms with Crippen LogP contribution >= 0.6 is 0 Å². The average molecular weight is 747 g/mol. The van der Waals surface area contributed by atoms with Gasteiger partial charge in [-0.25, -0.2) is 4.79 Å². The van der Waals surface area contributed by atoms with E-state index in [9.17, 15) is 19.5 Å². The molecule has 2 atom stereocenters. The number of carbonyl (C=O) groups is 3. The highest BCUT2D eigenvalue weighted by Crippen LogP contribution is 2.11. The fourth-order valence-electron chi connectivity index (χ4n) is 5.23. The lowest BCUT2D eigenvalue weighted by Crippen LogP contribution is -2.40. The fourth-order valence-corrected chi connectivity index (χ4v) is 5.23. The minimum atomic E-state index is -1.03. The van der Waals surface area contributed by atoms with E-state index < -0.39 is 18.1 Å². The number of carboxylic acids is 1. The van der Waals surface area contributed by atoms with Gasteiger partial charge in [-0.05, 0) is 121 Å². The molecule has 0 aliphatic carbocycles. The summed E-state index contributed by atoms with van der Waals surface area (Å²) in [6.45, 7) is 4.65. The molecule has 0 aromatic rings. The Bertz CT molecular complexity index is 1200. The maximum absolute atomic E-state index is 12.6. The van der Waals surface area contributed by atoms with Crippen molar-refractivity contribution in [2.24, 2.45) is 5.73 Å². The van der Waals surface area contributed by atoms with E-state index in [4.69, 9.17) is 10.5 Å². The summed E-state index contributed by atoms with van der Waals surface area (Å²) in [6, 6.07) is -0.881. The Balaban J connectivity index is 4.21. The first-order chi connectivity index (χ1) is 26.4. The minimum Gasteiger partial charge on any atom is -0.480 e. The van der Waals surface area contributed by atoms with E-state index in [1.807, 2.05) is 24.3 Å². The first-order valence-corrected chi connectivity index (χ1v) is 20.7. The molecule has 7 heteroatoms. The lowest BCUT2D eigenvalue weighted by molar-refractivity contribution is -0.145. The van der Waals surface area contributed by atoms with Crippen LogP contribution in [0.2, 0.25) is 0 Å². The molecule has 0 aliphatic heterocycles. The van der Waals surface area contributed by atoms with Gasteiger partial charge >= 0.3 is 11.9 Å². The number of nitrogens with two attached hydrogens (primary N) is 1. The second kappa shape index (κ2) is 40.2. The van der Waals surface area contributed by atoms with E-state index in [0.717, 1.165) is 103 Å². The van der Waals surface area contributed by atoms with Crippen molar-refractivity contribution in [1.29, 1.82) is 0 Å². The van der Waals surface area contributed by atoms with Crippen molar-refractivity contribution >= 4 is 17.8 Å². The third kappa shape index (κ3) is 36.4. The Morgan fingerprint density at radius 2 is 1.00 bits per heavy atom. The van der Waals surface area contributed by atoms with Crippen LogP contribution in [0.25, 0.3) is 0 Å². The molecule has 0 spiro atoms. The second-order valence-electron chi connectivity index (χ2n) is 13.3. The predicted molar refractivity (Wildman–Crippen MR) is 229 cm³/mol. The zero-order chi connectivity index (χ0) is 39.6. The fraction of sp³-hybridized carbons (Fsp3) is 0.553. The van der Waals surface area contributed by atoms with Crippen molar-refractivity contribution < 1.29 is 24.2 Å². The topological polar surface area (TPSA) is 119 Å². The third-order valence-corrected chi connectivity index (χ3v) is 8.30. The summed E-state index contributed by atoms with van der Waals surface area (Å²) in [4.78, 5) is 36.1. The quantitative estimate of drug-likeness (QED) is 0.0337. The van der Waals surface area contributed by atoms with Crippen LogP contribution in [-0.2, 0) is 19.1 Å². The summed E-state index contributed by atoms with van der Waals surface area (Å²) in [7, 11) is 0. The summed E-state index contributed by atoms with van der Waals surface area (Å²) in [5, 5.41) is 11.9. The van der Waals surface area contributed by atoms with Crippen LogP contribution in [0.3, 0.4) is 0 Å². The molecule has 7 nitrogen and oxygen atoms in total. The predicted octanol–water partition coefficient (Wildman–Crippen LogP) is 11.7. The van der Waals surface area contributed by atoms with Crippen LogP contribution in [0.15, 0.2) is 109 Å². The van der Waals surface area contributed by atoms with Crippen molar-refractivity contribution in [2.75, 3.05) is 6.54 Å². The number of hydrogen-bond acceptors (Lipinski definition) is 5. The van der Waals surface area contributed by atoms with Gasteiger partial charge in [-0.15, -0.1) is 0 Å². The lowest BCUT2D eigenvalue weighted by Gasteiger charge is -2.13. The van der Waals surface area contributed by atoms with E-state index in [1.54, 1.807) is 0 Å². The molecule has 0 bridgehead atoms. The smallest absolute Gasteiger partial charge is 0.326 e. The van der Waals surface area contributed by atoms with Gasteiger partial charge in [-0.3, -0.25) is 9.59 Å². The Hall–Kier alpha value is -3.97. The molecular formula is C47H74N2O5. The molecule has 0 heterocycles. The second-order valence-corrected chi connectivity index (χ2v) is 13.3. The van der Waals surface area contributed by atoms with E-state index in [1.165, 1.54) is 0 Å². The van der Waals surface area contributed by atoms with Crippen molar-refractivity contribution in [1.82, 2.24) is 5.32 Å². The Kier molecular flexibility index (Phi) is 37.3. The molecular weight excluding hydrogens is 673 g/mol. The molecule has 302 valence electrons. The highest BCUT2D eigenvalue weighted by Gasteiger charge is 2.18. The maximum Gasteiger partial charge on any atom is 0.326 e. The maximum atomic E-state index is 12.6. The summed E-state index contributed by atoms with van der Waals surface area (Å²) >= 11 is 0. The molecule has 0 rings (SSSR count). The van der Waals surface area contributed by atoms with E-state index in [0.29, 0.717) is 38.6 Å². The van der Waals surface area contributed by atoms with E-state index in [2.05, 4.69) is 104 Å². The van der Waals surface area contributed by atoms with Crippen LogP contribution in [-0.4, -0.2) is 41.6 Å². The number of hydrogen-bond donors (Lipinski definition) is 3. The number of esters is 1. The van der Waals surface area contributed by atoms with Crippen LogP contribution in [0, 0.1) is 0 Å². The van der Waals surface area contributed by atoms with Gasteiger partial charge in [0.05, 0.1) is 0 Å². The highest BCUT2D eigenvalue weighted by atomic mass is 16.5. The number of allylic oxidation sites excluding steroid dienone is 16. The number of ether oxygens (including phenoxy) is 1. The summed E-state index contributed by atoms with van der Waals surface area (Å²) < 4.78 is 5.78. The Morgan fingerprint density at radius 3 is 1.54 bits per heavy atom. The van der Waals surface area contributed by atoms with Crippen molar-refractivity contribution in [2.45, 2.75) is 161 Å². The van der Waals surface area contributed by atoms with Gasteiger partial charge in [0.25, 0.3) is 0 Å². The minimum absolute atomic E-state index is 0.174. The zero-order valence-electron chi connectivity index (χ0n) is 33.8. The third-order valence-electron chi connectivity index (χ3n) is 8.30. The number of carbonyl (C=O) groups excluding carboxylic acids is 2. The van der Waals surface area contributed by atoms with Gasteiger partial charge in [0.15, 0.2) is 0 Å². The zero-order valence-corrected chi connectivity index (χ0v) is 33.8. The van der Waals surface area contributed by atoms with Gasteiger partial charge in [0.2, 0.25) is 5.91 Å². The largest absolute Gasteiger partial charge is 0.480 e. The number of amides is 1. The number of unbranched alkanes of at least 4 members (excludes halogenated alkanes) is 7. The molecule has 0 aromatic carbocycles. The van der Waals surface area contributed by atoms with Gasteiger partial charge < -0.3 is 20.9 Å². The van der Waals surface area contributed by atoms with Crippen molar-refractivity contribution in [3.05, 3.63) is 109 Å². The van der Waals surface area contributed by atoms with Crippen molar-refractivity contribution in [3.63, 3.8) is 0 Å². The molecule has 0 radical (unpaired) electrons.